The monoisotopic (exact) mass is 344 g/mol. The summed E-state index contributed by atoms with van der Waals surface area (Å²) in [5.74, 6) is -0.473. The van der Waals surface area contributed by atoms with Crippen molar-refractivity contribution in [3.63, 3.8) is 0 Å². The van der Waals surface area contributed by atoms with E-state index in [1.807, 2.05) is 0 Å². The molecule has 0 aliphatic carbocycles. The first-order chi connectivity index (χ1) is 12.7. The lowest BCUT2D eigenvalue weighted by molar-refractivity contribution is -0.111. The summed E-state index contributed by atoms with van der Waals surface area (Å²) >= 11 is 0. The van der Waals surface area contributed by atoms with Gasteiger partial charge in [-0.15, -0.1) is 0 Å². The van der Waals surface area contributed by atoms with E-state index in [1.54, 1.807) is 79.4 Å². The Balaban J connectivity index is 1.58. The highest BCUT2D eigenvalue weighted by Crippen LogP contribution is 2.10. The highest BCUT2D eigenvalue weighted by atomic mass is 16.2. The molecule has 0 spiro atoms. The van der Waals surface area contributed by atoms with Gasteiger partial charge in [0.2, 0.25) is 5.91 Å². The van der Waals surface area contributed by atoms with Crippen molar-refractivity contribution in [3.05, 3.63) is 90.5 Å². The molecule has 2 N–H and O–H groups in total. The minimum absolute atomic E-state index is 0.220. The maximum absolute atomic E-state index is 12.2. The maximum Gasteiger partial charge on any atom is 0.255 e. The SMILES string of the molecule is O=C(C=Cc1ccc(C(=O)Nc2cccnc2)cc1)Nc1cccnc1. The van der Waals surface area contributed by atoms with E-state index in [4.69, 9.17) is 0 Å². The molecule has 0 aliphatic heterocycles. The fraction of sp³-hybridized carbons (Fsp3) is 0. The Hall–Kier alpha value is -3.80. The number of pyridine rings is 2. The van der Waals surface area contributed by atoms with E-state index in [9.17, 15) is 9.59 Å². The minimum Gasteiger partial charge on any atom is -0.321 e. The summed E-state index contributed by atoms with van der Waals surface area (Å²) in [6, 6.07) is 14.0. The van der Waals surface area contributed by atoms with Crippen LogP contribution < -0.4 is 10.6 Å². The zero-order valence-electron chi connectivity index (χ0n) is 13.8. The Bertz CT molecular complexity index is 908. The van der Waals surface area contributed by atoms with Gasteiger partial charge in [0.1, 0.15) is 0 Å². The average Bonchev–Trinajstić information content (AvgIpc) is 2.68. The molecule has 0 saturated carbocycles. The van der Waals surface area contributed by atoms with Gasteiger partial charge in [0.25, 0.3) is 5.91 Å². The van der Waals surface area contributed by atoms with Crippen molar-refractivity contribution in [3.8, 4) is 0 Å². The third-order valence-corrected chi connectivity index (χ3v) is 3.45. The molecule has 3 aromatic rings. The predicted octanol–water partition coefficient (Wildman–Crippen LogP) is 3.38. The molecular formula is C20H16N4O2. The smallest absolute Gasteiger partial charge is 0.255 e. The van der Waals surface area contributed by atoms with E-state index in [0.717, 1.165) is 5.56 Å². The van der Waals surface area contributed by atoms with Crippen LogP contribution in [-0.2, 0) is 4.79 Å². The van der Waals surface area contributed by atoms with E-state index in [2.05, 4.69) is 20.6 Å². The van der Waals surface area contributed by atoms with Gasteiger partial charge in [0.05, 0.1) is 23.8 Å². The fourth-order valence-corrected chi connectivity index (χ4v) is 2.18. The second-order valence-corrected chi connectivity index (χ2v) is 5.38. The van der Waals surface area contributed by atoms with Crippen molar-refractivity contribution in [2.24, 2.45) is 0 Å². The molecule has 1 aromatic carbocycles. The van der Waals surface area contributed by atoms with Crippen molar-refractivity contribution < 1.29 is 9.59 Å². The number of aromatic nitrogens is 2. The van der Waals surface area contributed by atoms with Crippen molar-refractivity contribution in [2.75, 3.05) is 10.6 Å². The lowest BCUT2D eigenvalue weighted by Gasteiger charge is -2.05. The molecule has 0 radical (unpaired) electrons. The van der Waals surface area contributed by atoms with Crippen LogP contribution in [0, 0.1) is 0 Å². The molecule has 0 fully saturated rings. The zero-order valence-corrected chi connectivity index (χ0v) is 13.8. The molecule has 0 saturated heterocycles. The predicted molar refractivity (Wildman–Crippen MR) is 101 cm³/mol. The lowest BCUT2D eigenvalue weighted by Crippen LogP contribution is -2.11. The number of carbonyl (C=O) groups is 2. The summed E-state index contributed by atoms with van der Waals surface area (Å²) in [4.78, 5) is 31.9. The molecule has 6 nitrogen and oxygen atoms in total. The van der Waals surface area contributed by atoms with Crippen LogP contribution >= 0.6 is 0 Å². The van der Waals surface area contributed by atoms with Gasteiger partial charge in [0.15, 0.2) is 0 Å². The number of nitrogens with one attached hydrogen (secondary N) is 2. The minimum atomic E-state index is -0.253. The standard InChI is InChI=1S/C20H16N4O2/c25-19(23-17-3-1-11-21-13-17)10-7-15-5-8-16(9-6-15)20(26)24-18-4-2-12-22-14-18/h1-14H,(H,23,25)(H,24,26). The summed E-state index contributed by atoms with van der Waals surface area (Å²) in [5, 5.41) is 5.48. The molecule has 2 amide bonds. The van der Waals surface area contributed by atoms with Crippen LogP contribution in [0.5, 0.6) is 0 Å². The summed E-state index contributed by atoms with van der Waals surface area (Å²) in [6.07, 6.45) is 9.53. The van der Waals surface area contributed by atoms with Gasteiger partial charge in [-0.25, -0.2) is 0 Å². The van der Waals surface area contributed by atoms with Crippen LogP contribution in [-0.4, -0.2) is 21.8 Å². The topological polar surface area (TPSA) is 84.0 Å². The van der Waals surface area contributed by atoms with Crippen LogP contribution in [0.1, 0.15) is 15.9 Å². The zero-order chi connectivity index (χ0) is 18.2. The van der Waals surface area contributed by atoms with Gasteiger partial charge in [0, 0.05) is 24.0 Å². The van der Waals surface area contributed by atoms with Gasteiger partial charge in [-0.05, 0) is 48.0 Å². The lowest BCUT2D eigenvalue weighted by atomic mass is 10.1. The number of amides is 2. The molecule has 128 valence electrons. The number of anilines is 2. The highest BCUT2D eigenvalue weighted by molar-refractivity contribution is 6.04. The fourth-order valence-electron chi connectivity index (χ4n) is 2.18. The van der Waals surface area contributed by atoms with E-state index >= 15 is 0 Å². The van der Waals surface area contributed by atoms with Crippen molar-refractivity contribution >= 4 is 29.3 Å². The van der Waals surface area contributed by atoms with Crippen molar-refractivity contribution in [1.29, 1.82) is 0 Å². The van der Waals surface area contributed by atoms with E-state index in [1.165, 1.54) is 6.08 Å². The number of hydrogen-bond donors (Lipinski definition) is 2. The van der Waals surface area contributed by atoms with Gasteiger partial charge in [-0.1, -0.05) is 12.1 Å². The number of hydrogen-bond acceptors (Lipinski definition) is 4. The number of benzene rings is 1. The number of carbonyl (C=O) groups excluding carboxylic acids is 2. The van der Waals surface area contributed by atoms with Gasteiger partial charge in [-0.2, -0.15) is 0 Å². The van der Waals surface area contributed by atoms with Crippen LogP contribution in [0.2, 0.25) is 0 Å². The molecule has 2 heterocycles. The Morgan fingerprint density at radius 3 is 2.00 bits per heavy atom. The Morgan fingerprint density at radius 2 is 1.42 bits per heavy atom. The molecule has 0 bridgehead atoms. The first-order valence-corrected chi connectivity index (χ1v) is 7.91. The van der Waals surface area contributed by atoms with Gasteiger partial charge < -0.3 is 10.6 Å². The molecule has 0 aliphatic rings. The molecule has 0 atom stereocenters. The summed E-state index contributed by atoms with van der Waals surface area (Å²) in [6.45, 7) is 0. The third-order valence-electron chi connectivity index (χ3n) is 3.45. The highest BCUT2D eigenvalue weighted by Gasteiger charge is 2.05. The van der Waals surface area contributed by atoms with Crippen molar-refractivity contribution in [2.45, 2.75) is 0 Å². The van der Waals surface area contributed by atoms with Gasteiger partial charge >= 0.3 is 0 Å². The molecule has 3 rings (SSSR count). The van der Waals surface area contributed by atoms with Crippen LogP contribution in [0.15, 0.2) is 79.4 Å². The molecule has 6 heteroatoms. The van der Waals surface area contributed by atoms with Crippen LogP contribution in [0.25, 0.3) is 6.08 Å². The summed E-state index contributed by atoms with van der Waals surface area (Å²) in [7, 11) is 0. The van der Waals surface area contributed by atoms with E-state index in [-0.39, 0.29) is 11.8 Å². The Kier molecular flexibility index (Phi) is 5.47. The summed E-state index contributed by atoms with van der Waals surface area (Å²) in [5.41, 5.74) is 2.59. The maximum atomic E-state index is 12.2. The largest absolute Gasteiger partial charge is 0.321 e. The van der Waals surface area contributed by atoms with Crippen LogP contribution in [0.4, 0.5) is 11.4 Å². The Morgan fingerprint density at radius 1 is 0.808 bits per heavy atom. The second-order valence-electron chi connectivity index (χ2n) is 5.38. The second kappa shape index (κ2) is 8.34. The molecular weight excluding hydrogens is 328 g/mol. The molecule has 26 heavy (non-hydrogen) atoms. The summed E-state index contributed by atoms with van der Waals surface area (Å²) < 4.78 is 0. The first-order valence-electron chi connectivity index (χ1n) is 7.91. The van der Waals surface area contributed by atoms with E-state index in [0.29, 0.717) is 16.9 Å². The van der Waals surface area contributed by atoms with Crippen LogP contribution in [0.3, 0.4) is 0 Å². The number of rotatable bonds is 5. The van der Waals surface area contributed by atoms with Gasteiger partial charge in [-0.3, -0.25) is 19.6 Å². The average molecular weight is 344 g/mol. The normalized spacial score (nSPS) is 10.5. The third kappa shape index (κ3) is 4.85. The molecule has 2 aromatic heterocycles. The quantitative estimate of drug-likeness (QED) is 0.695. The van der Waals surface area contributed by atoms with Crippen molar-refractivity contribution in [1.82, 2.24) is 9.97 Å². The number of nitrogens with zero attached hydrogens (tertiary/aromatic N) is 2. The Labute approximate surface area is 150 Å². The van der Waals surface area contributed by atoms with E-state index < -0.39 is 0 Å². The first kappa shape index (κ1) is 17.0. The molecule has 0 unspecified atom stereocenters.